The van der Waals surface area contributed by atoms with E-state index in [0.29, 0.717) is 5.69 Å². The van der Waals surface area contributed by atoms with Gasteiger partial charge in [0.05, 0.1) is 17.0 Å². The summed E-state index contributed by atoms with van der Waals surface area (Å²) in [5, 5.41) is 2.69. The highest BCUT2D eigenvalue weighted by molar-refractivity contribution is 7.89. The van der Waals surface area contributed by atoms with Crippen molar-refractivity contribution >= 4 is 33.3 Å². The van der Waals surface area contributed by atoms with Crippen LogP contribution in [0.15, 0.2) is 53.4 Å². The summed E-state index contributed by atoms with van der Waals surface area (Å²) in [7, 11) is -3.75. The monoisotopic (exact) mass is 455 g/mol. The fourth-order valence-corrected chi connectivity index (χ4v) is 4.24. The first-order valence-corrected chi connectivity index (χ1v) is 11.7. The topological polar surface area (TPSA) is 105 Å². The zero-order valence-corrected chi connectivity index (χ0v) is 18.4. The molecule has 32 heavy (non-hydrogen) atoms. The molecule has 0 bridgehead atoms. The van der Waals surface area contributed by atoms with Crippen molar-refractivity contribution in [2.45, 2.75) is 24.2 Å². The highest BCUT2D eigenvalue weighted by Gasteiger charge is 2.16. The lowest BCUT2D eigenvalue weighted by molar-refractivity contribution is -0.119. The molecule has 0 saturated carbocycles. The van der Waals surface area contributed by atoms with Gasteiger partial charge >= 0.3 is 5.97 Å². The molecule has 168 valence electrons. The Balaban J connectivity index is 1.49. The minimum absolute atomic E-state index is 0.0324. The molecule has 1 fully saturated rings. The normalized spacial score (nSPS) is 13.8. The lowest BCUT2D eigenvalue weighted by atomic mass is 10.1. The Kier molecular flexibility index (Phi) is 7.87. The van der Waals surface area contributed by atoms with E-state index in [0.717, 1.165) is 18.8 Å². The minimum Gasteiger partial charge on any atom is -0.452 e. The zero-order chi connectivity index (χ0) is 23.0. The van der Waals surface area contributed by atoms with E-state index in [1.54, 1.807) is 0 Å². The number of sulfonamides is 1. The number of rotatable bonds is 8. The second kappa shape index (κ2) is 10.8. The molecule has 1 amide bonds. The van der Waals surface area contributed by atoms with Gasteiger partial charge < -0.3 is 15.0 Å². The third-order valence-electron chi connectivity index (χ3n) is 4.97. The van der Waals surface area contributed by atoms with E-state index in [1.807, 2.05) is 24.3 Å². The summed E-state index contributed by atoms with van der Waals surface area (Å²) in [6.45, 7) is 1.48. The Hall–Kier alpha value is -3.35. The molecule has 9 heteroatoms. The van der Waals surface area contributed by atoms with Crippen molar-refractivity contribution < 1.29 is 22.7 Å². The summed E-state index contributed by atoms with van der Waals surface area (Å²) >= 11 is 0. The average molecular weight is 456 g/mol. The van der Waals surface area contributed by atoms with Crippen LogP contribution < -0.4 is 14.9 Å². The number of piperidine rings is 1. The highest BCUT2D eigenvalue weighted by Crippen LogP contribution is 2.21. The second-order valence-corrected chi connectivity index (χ2v) is 9.04. The molecule has 1 heterocycles. The molecule has 2 aromatic carbocycles. The molecule has 8 nitrogen and oxygen atoms in total. The van der Waals surface area contributed by atoms with Crippen molar-refractivity contribution in [1.82, 2.24) is 4.72 Å². The van der Waals surface area contributed by atoms with Crippen LogP contribution in [-0.4, -0.2) is 46.5 Å². The number of esters is 1. The largest absolute Gasteiger partial charge is 0.452 e. The summed E-state index contributed by atoms with van der Waals surface area (Å²) in [4.78, 5) is 26.6. The van der Waals surface area contributed by atoms with Gasteiger partial charge in [-0.15, -0.1) is 6.42 Å². The average Bonchev–Trinajstić information content (AvgIpc) is 2.82. The van der Waals surface area contributed by atoms with E-state index in [4.69, 9.17) is 11.2 Å². The first kappa shape index (κ1) is 23.3. The van der Waals surface area contributed by atoms with Gasteiger partial charge in [0.1, 0.15) is 0 Å². The number of hydrogen-bond donors (Lipinski definition) is 2. The summed E-state index contributed by atoms with van der Waals surface area (Å²) in [5.74, 6) is 0.975. The van der Waals surface area contributed by atoms with Crippen LogP contribution in [0, 0.1) is 12.3 Å². The van der Waals surface area contributed by atoms with Gasteiger partial charge in [-0.1, -0.05) is 5.92 Å². The van der Waals surface area contributed by atoms with Crippen molar-refractivity contribution in [3.05, 3.63) is 54.1 Å². The molecule has 2 N–H and O–H groups in total. The molecule has 1 aliphatic rings. The van der Waals surface area contributed by atoms with Gasteiger partial charge in [0.15, 0.2) is 6.61 Å². The molecule has 0 spiro atoms. The van der Waals surface area contributed by atoms with Crippen LogP contribution in [0.2, 0.25) is 0 Å². The van der Waals surface area contributed by atoms with Gasteiger partial charge in [0.2, 0.25) is 10.0 Å². The van der Waals surface area contributed by atoms with Crippen molar-refractivity contribution in [2.24, 2.45) is 0 Å². The number of anilines is 2. The maximum absolute atomic E-state index is 12.2. The number of carbonyl (C=O) groups excluding carboxylic acids is 2. The van der Waals surface area contributed by atoms with E-state index in [1.165, 1.54) is 43.5 Å². The molecule has 2 aromatic rings. The molecule has 0 atom stereocenters. The molecule has 0 aliphatic carbocycles. The molecule has 0 radical (unpaired) electrons. The SMILES string of the molecule is C#CCNS(=O)(=O)c1ccc(C(=O)OCC(=O)Nc2ccc(N3CCCCC3)cc2)cc1. The van der Waals surface area contributed by atoms with Crippen LogP contribution in [0.3, 0.4) is 0 Å². The van der Waals surface area contributed by atoms with Gasteiger partial charge in [-0.2, -0.15) is 4.72 Å². The third kappa shape index (κ3) is 6.33. The van der Waals surface area contributed by atoms with Crippen molar-refractivity contribution in [1.29, 1.82) is 0 Å². The Morgan fingerprint density at radius 2 is 1.66 bits per heavy atom. The first-order valence-electron chi connectivity index (χ1n) is 10.2. The van der Waals surface area contributed by atoms with E-state index in [2.05, 4.69) is 20.9 Å². The Morgan fingerprint density at radius 3 is 2.28 bits per heavy atom. The molecule has 3 rings (SSSR count). The predicted octanol–water partition coefficient (Wildman–Crippen LogP) is 2.38. The maximum atomic E-state index is 12.2. The van der Waals surface area contributed by atoms with Gasteiger partial charge in [0, 0.05) is 24.5 Å². The first-order chi connectivity index (χ1) is 15.4. The number of ether oxygens (including phenoxy) is 1. The fraction of sp³-hybridized carbons (Fsp3) is 0.304. The molecule has 0 unspecified atom stereocenters. The Bertz CT molecular complexity index is 1080. The molecule has 1 aliphatic heterocycles. The molecular weight excluding hydrogens is 430 g/mol. The fourth-order valence-electron chi connectivity index (χ4n) is 3.31. The number of carbonyl (C=O) groups is 2. The summed E-state index contributed by atoms with van der Waals surface area (Å²) in [5.41, 5.74) is 1.86. The van der Waals surface area contributed by atoms with Crippen LogP contribution in [0.1, 0.15) is 29.6 Å². The van der Waals surface area contributed by atoms with E-state index < -0.39 is 28.5 Å². The Morgan fingerprint density at radius 1 is 1.00 bits per heavy atom. The number of amides is 1. The zero-order valence-electron chi connectivity index (χ0n) is 17.5. The van der Waals surface area contributed by atoms with Gasteiger partial charge in [-0.25, -0.2) is 13.2 Å². The van der Waals surface area contributed by atoms with Gasteiger partial charge in [0.25, 0.3) is 5.91 Å². The number of terminal acetylenes is 1. The summed E-state index contributed by atoms with van der Waals surface area (Å²) in [6.07, 6.45) is 8.68. The summed E-state index contributed by atoms with van der Waals surface area (Å²) in [6, 6.07) is 12.7. The predicted molar refractivity (Wildman–Crippen MR) is 122 cm³/mol. The smallest absolute Gasteiger partial charge is 0.338 e. The molecule has 0 aromatic heterocycles. The number of hydrogen-bond acceptors (Lipinski definition) is 6. The standard InChI is InChI=1S/C23H25N3O5S/c1-2-14-24-32(29,30)21-12-6-18(7-13-21)23(28)31-17-22(27)25-19-8-10-20(11-9-19)26-15-4-3-5-16-26/h1,6-13,24H,3-5,14-17H2,(H,25,27). The van der Waals surface area contributed by atoms with Crippen molar-refractivity contribution in [3.63, 3.8) is 0 Å². The van der Waals surface area contributed by atoms with Gasteiger partial charge in [-0.3, -0.25) is 4.79 Å². The number of benzene rings is 2. The van der Waals surface area contributed by atoms with E-state index >= 15 is 0 Å². The Labute approximate surface area is 188 Å². The van der Waals surface area contributed by atoms with Crippen LogP contribution in [-0.2, 0) is 19.6 Å². The van der Waals surface area contributed by atoms with E-state index in [9.17, 15) is 18.0 Å². The minimum atomic E-state index is -3.75. The van der Waals surface area contributed by atoms with Crippen molar-refractivity contribution in [3.8, 4) is 12.3 Å². The van der Waals surface area contributed by atoms with E-state index in [-0.39, 0.29) is 17.0 Å². The number of nitrogens with zero attached hydrogens (tertiary/aromatic N) is 1. The van der Waals surface area contributed by atoms with Crippen LogP contribution in [0.25, 0.3) is 0 Å². The highest BCUT2D eigenvalue weighted by atomic mass is 32.2. The van der Waals surface area contributed by atoms with Crippen LogP contribution in [0.5, 0.6) is 0 Å². The summed E-state index contributed by atoms with van der Waals surface area (Å²) < 4.78 is 31.2. The second-order valence-electron chi connectivity index (χ2n) is 7.27. The maximum Gasteiger partial charge on any atom is 0.338 e. The van der Waals surface area contributed by atoms with Gasteiger partial charge in [-0.05, 0) is 67.8 Å². The molecule has 1 saturated heterocycles. The van der Waals surface area contributed by atoms with Crippen molar-refractivity contribution in [2.75, 3.05) is 36.5 Å². The van der Waals surface area contributed by atoms with Crippen LogP contribution >= 0.6 is 0 Å². The molecular formula is C23H25N3O5S. The lowest BCUT2D eigenvalue weighted by Crippen LogP contribution is -2.29. The van der Waals surface area contributed by atoms with Crippen LogP contribution in [0.4, 0.5) is 11.4 Å². The number of nitrogens with one attached hydrogen (secondary N) is 2. The lowest BCUT2D eigenvalue weighted by Gasteiger charge is -2.28. The quantitative estimate of drug-likeness (QED) is 0.468. The third-order valence-corrected chi connectivity index (χ3v) is 6.39.